The number of aliphatic hydroxyl groups is 1. The van der Waals surface area contributed by atoms with Gasteiger partial charge in [-0.2, -0.15) is 5.10 Å². The van der Waals surface area contributed by atoms with Crippen LogP contribution in [0.1, 0.15) is 32.9 Å². The van der Waals surface area contributed by atoms with E-state index in [4.69, 9.17) is 15.5 Å². The van der Waals surface area contributed by atoms with E-state index in [1.54, 1.807) is 13.0 Å². The van der Waals surface area contributed by atoms with Crippen LogP contribution in [0.25, 0.3) is 16.7 Å². The second-order valence-electron chi connectivity index (χ2n) is 9.61. The van der Waals surface area contributed by atoms with E-state index in [2.05, 4.69) is 20.0 Å². The molecule has 1 aliphatic heterocycles. The van der Waals surface area contributed by atoms with E-state index in [0.717, 1.165) is 41.9 Å². The van der Waals surface area contributed by atoms with Crippen LogP contribution in [0.4, 0.5) is 14.6 Å². The Morgan fingerprint density at radius 1 is 1.20 bits per heavy atom. The molecule has 12 heteroatoms. The molecule has 0 radical (unpaired) electrons. The summed E-state index contributed by atoms with van der Waals surface area (Å²) < 4.78 is 34.6. The SMILES string of the molecule is Cc1cc(Oc2c(F)cccc2F)ncc1-n1ncc(C(=O)c2cc3nc4c(cc3[nH]2)CCN(CCO)C4)c1N. The Hall–Kier alpha value is -4.68. The second-order valence-corrected chi connectivity index (χ2v) is 9.61. The van der Waals surface area contributed by atoms with Gasteiger partial charge in [-0.05, 0) is 48.7 Å². The summed E-state index contributed by atoms with van der Waals surface area (Å²) in [6.45, 7) is 3.90. The number of hydrogen-bond acceptors (Lipinski definition) is 8. The molecule has 0 saturated carbocycles. The van der Waals surface area contributed by atoms with Crippen LogP contribution in [0, 0.1) is 18.6 Å². The molecule has 5 heterocycles. The molecule has 4 N–H and O–H groups in total. The zero-order chi connectivity index (χ0) is 28.0. The van der Waals surface area contributed by atoms with Gasteiger partial charge in [0.15, 0.2) is 11.6 Å². The van der Waals surface area contributed by atoms with E-state index in [9.17, 15) is 18.7 Å². The number of carbonyl (C=O) groups excluding carboxylic acids is 1. The molecule has 0 spiro atoms. The highest BCUT2D eigenvalue weighted by molar-refractivity contribution is 6.12. The first-order valence-corrected chi connectivity index (χ1v) is 12.6. The van der Waals surface area contributed by atoms with Crippen molar-refractivity contribution in [2.45, 2.75) is 19.9 Å². The van der Waals surface area contributed by atoms with Gasteiger partial charge in [-0.1, -0.05) is 6.07 Å². The Kier molecular flexibility index (Phi) is 6.48. The van der Waals surface area contributed by atoms with Gasteiger partial charge < -0.3 is 20.6 Å². The maximum Gasteiger partial charge on any atom is 0.219 e. The number of anilines is 1. The number of pyridine rings is 2. The molecule has 0 saturated heterocycles. The van der Waals surface area contributed by atoms with E-state index in [1.807, 2.05) is 6.07 Å². The maximum atomic E-state index is 14.0. The lowest BCUT2D eigenvalue weighted by atomic mass is 10.0. The Balaban J connectivity index is 1.26. The first-order chi connectivity index (χ1) is 19.3. The molecule has 0 fully saturated rings. The average molecular weight is 546 g/mol. The number of ketones is 1. The zero-order valence-electron chi connectivity index (χ0n) is 21.5. The van der Waals surface area contributed by atoms with E-state index < -0.39 is 17.4 Å². The Labute approximate surface area is 227 Å². The fraction of sp³-hybridized carbons (Fsp3) is 0.214. The maximum absolute atomic E-state index is 14.0. The van der Waals surface area contributed by atoms with Crippen molar-refractivity contribution in [3.8, 4) is 17.3 Å². The standard InChI is InChI=1S/C28H25F2N7O3/c1-15-9-25(40-27-18(29)3-2-4-19(27)30)32-13-24(15)37-28(31)17(12-33-37)26(39)22-11-21-20(34-22)10-16-5-6-36(7-8-38)14-23(16)35-21/h2-4,9-13,34,38H,5-8,14,31H2,1H3. The predicted molar refractivity (Wildman–Crippen MR) is 143 cm³/mol. The van der Waals surface area contributed by atoms with Gasteiger partial charge in [0.2, 0.25) is 17.4 Å². The minimum Gasteiger partial charge on any atom is -0.433 e. The number of nitrogen functional groups attached to an aromatic ring is 1. The van der Waals surface area contributed by atoms with Gasteiger partial charge in [0.25, 0.3) is 0 Å². The minimum absolute atomic E-state index is 0.0139. The normalized spacial score (nSPS) is 13.5. The predicted octanol–water partition coefficient (Wildman–Crippen LogP) is 3.69. The number of nitrogens with two attached hydrogens (primary N) is 1. The summed E-state index contributed by atoms with van der Waals surface area (Å²) in [4.78, 5) is 27.6. The van der Waals surface area contributed by atoms with Gasteiger partial charge in [-0.15, -0.1) is 0 Å². The molecule has 10 nitrogen and oxygen atoms in total. The van der Waals surface area contributed by atoms with Crippen LogP contribution in [0.15, 0.2) is 48.8 Å². The number of ether oxygens (including phenoxy) is 1. The van der Waals surface area contributed by atoms with Gasteiger partial charge in [0.05, 0.1) is 52.7 Å². The van der Waals surface area contributed by atoms with Crippen molar-refractivity contribution in [1.29, 1.82) is 0 Å². The fourth-order valence-electron chi connectivity index (χ4n) is 4.87. The Morgan fingerprint density at radius 3 is 2.75 bits per heavy atom. The molecule has 204 valence electrons. The highest BCUT2D eigenvalue weighted by Gasteiger charge is 2.23. The number of carbonyl (C=O) groups is 1. The molecule has 4 aromatic heterocycles. The number of rotatable bonds is 7. The first kappa shape index (κ1) is 25.6. The first-order valence-electron chi connectivity index (χ1n) is 12.6. The number of H-pyrrole nitrogens is 1. The quantitative estimate of drug-likeness (QED) is 0.264. The van der Waals surface area contributed by atoms with Crippen molar-refractivity contribution in [1.82, 2.24) is 29.6 Å². The van der Waals surface area contributed by atoms with Crippen molar-refractivity contribution in [3.63, 3.8) is 0 Å². The lowest BCUT2D eigenvalue weighted by molar-refractivity contribution is 0.103. The number of aromatic nitrogens is 5. The molecule has 1 aliphatic rings. The minimum atomic E-state index is -0.848. The number of β-amino-alcohol motifs (C(OH)–C–C–N with tert-alkyl or cyclic N) is 1. The van der Waals surface area contributed by atoms with Crippen LogP contribution in [0.5, 0.6) is 11.6 Å². The zero-order valence-corrected chi connectivity index (χ0v) is 21.5. The van der Waals surface area contributed by atoms with Gasteiger partial charge in [-0.25, -0.2) is 23.4 Å². The second kappa shape index (κ2) is 10.1. The summed E-state index contributed by atoms with van der Waals surface area (Å²) in [6.07, 6.45) is 3.60. The van der Waals surface area contributed by atoms with Crippen molar-refractivity contribution in [3.05, 3.63) is 88.5 Å². The number of nitrogens with zero attached hydrogens (tertiary/aromatic N) is 5. The molecule has 0 unspecified atom stereocenters. The lowest BCUT2D eigenvalue weighted by Crippen LogP contribution is -2.33. The van der Waals surface area contributed by atoms with Crippen LogP contribution in [-0.4, -0.2) is 60.2 Å². The molecule has 0 atom stereocenters. The number of aliphatic hydroxyl groups excluding tert-OH is 1. The van der Waals surface area contributed by atoms with Gasteiger partial charge in [0, 0.05) is 25.7 Å². The summed E-state index contributed by atoms with van der Waals surface area (Å²) >= 11 is 0. The number of hydrogen-bond donors (Lipinski definition) is 3. The highest BCUT2D eigenvalue weighted by atomic mass is 19.1. The number of fused-ring (bicyclic) bond motifs is 2. The third-order valence-corrected chi connectivity index (χ3v) is 6.97. The number of benzene rings is 1. The molecule has 1 aromatic carbocycles. The van der Waals surface area contributed by atoms with E-state index in [1.165, 1.54) is 29.2 Å². The topological polar surface area (TPSA) is 135 Å². The number of halogens is 2. The summed E-state index contributed by atoms with van der Waals surface area (Å²) in [7, 11) is 0. The number of para-hydroxylation sites is 1. The van der Waals surface area contributed by atoms with Crippen LogP contribution in [-0.2, 0) is 13.0 Å². The van der Waals surface area contributed by atoms with Crippen molar-refractivity contribution in [2.75, 3.05) is 25.4 Å². The van der Waals surface area contributed by atoms with Crippen LogP contribution in [0.3, 0.4) is 0 Å². The van der Waals surface area contributed by atoms with Crippen LogP contribution in [0.2, 0.25) is 0 Å². The molecular weight excluding hydrogens is 520 g/mol. The summed E-state index contributed by atoms with van der Waals surface area (Å²) in [5.74, 6) is -2.50. The van der Waals surface area contributed by atoms with E-state index in [0.29, 0.717) is 35.6 Å². The highest BCUT2D eigenvalue weighted by Crippen LogP contribution is 2.29. The third kappa shape index (κ3) is 4.56. The van der Waals surface area contributed by atoms with Crippen LogP contribution < -0.4 is 10.5 Å². The van der Waals surface area contributed by atoms with E-state index in [-0.39, 0.29) is 29.7 Å². The van der Waals surface area contributed by atoms with Crippen molar-refractivity contribution in [2.24, 2.45) is 0 Å². The number of aromatic amines is 1. The van der Waals surface area contributed by atoms with Gasteiger partial charge in [0.1, 0.15) is 5.82 Å². The summed E-state index contributed by atoms with van der Waals surface area (Å²) in [5.41, 5.74) is 11.4. The molecule has 0 aliphatic carbocycles. The Morgan fingerprint density at radius 2 is 2.00 bits per heavy atom. The molecule has 40 heavy (non-hydrogen) atoms. The van der Waals surface area contributed by atoms with Gasteiger partial charge >= 0.3 is 0 Å². The van der Waals surface area contributed by atoms with Crippen molar-refractivity contribution < 1.29 is 23.4 Å². The van der Waals surface area contributed by atoms with Crippen molar-refractivity contribution >= 4 is 22.6 Å². The molecule has 6 rings (SSSR count). The monoisotopic (exact) mass is 545 g/mol. The Bertz CT molecular complexity index is 1740. The fourth-order valence-corrected chi connectivity index (χ4v) is 4.87. The number of aryl methyl sites for hydroxylation is 1. The summed E-state index contributed by atoms with van der Waals surface area (Å²) in [6, 6.07) is 8.63. The molecular formula is C28H25F2N7O3. The largest absolute Gasteiger partial charge is 0.433 e. The summed E-state index contributed by atoms with van der Waals surface area (Å²) in [5, 5.41) is 13.5. The smallest absolute Gasteiger partial charge is 0.219 e. The van der Waals surface area contributed by atoms with Crippen LogP contribution >= 0.6 is 0 Å². The molecule has 5 aromatic rings. The number of nitrogens with one attached hydrogen (secondary N) is 1. The lowest BCUT2D eigenvalue weighted by Gasteiger charge is -2.27. The average Bonchev–Trinajstić information content (AvgIpc) is 3.52. The molecule has 0 bridgehead atoms. The van der Waals surface area contributed by atoms with Gasteiger partial charge in [-0.3, -0.25) is 9.69 Å². The van der Waals surface area contributed by atoms with E-state index >= 15 is 0 Å². The third-order valence-electron chi connectivity index (χ3n) is 6.97. The molecule has 0 amide bonds.